The highest BCUT2D eigenvalue weighted by atomic mass is 16.2. The van der Waals surface area contributed by atoms with Crippen molar-refractivity contribution in [1.29, 1.82) is 0 Å². The summed E-state index contributed by atoms with van der Waals surface area (Å²) in [5.41, 5.74) is 5.68. The third kappa shape index (κ3) is 4.69. The number of imidazole rings is 1. The molecule has 1 N–H and O–H groups in total. The van der Waals surface area contributed by atoms with Crippen molar-refractivity contribution in [3.05, 3.63) is 89.4 Å². The molecule has 0 spiro atoms. The van der Waals surface area contributed by atoms with Crippen LogP contribution in [0.4, 0.5) is 0 Å². The van der Waals surface area contributed by atoms with Crippen molar-refractivity contribution >= 4 is 22.7 Å². The van der Waals surface area contributed by atoms with E-state index in [0.29, 0.717) is 12.1 Å². The molecule has 156 valence electrons. The van der Waals surface area contributed by atoms with Gasteiger partial charge in [-0.15, -0.1) is 0 Å². The van der Waals surface area contributed by atoms with Gasteiger partial charge < -0.3 is 5.32 Å². The van der Waals surface area contributed by atoms with Gasteiger partial charge >= 0.3 is 0 Å². The van der Waals surface area contributed by atoms with Gasteiger partial charge in [0.25, 0.3) is 0 Å². The molecule has 0 unspecified atom stereocenters. The van der Waals surface area contributed by atoms with Gasteiger partial charge in [0.1, 0.15) is 12.1 Å². The molecular formula is C25H24N4O2. The molecule has 0 fully saturated rings. The van der Waals surface area contributed by atoms with E-state index in [0.717, 1.165) is 33.5 Å². The van der Waals surface area contributed by atoms with Crippen LogP contribution in [-0.4, -0.2) is 26.2 Å². The molecule has 0 saturated carbocycles. The average molecular weight is 412 g/mol. The molecule has 0 saturated heterocycles. The first-order chi connectivity index (χ1) is 15.0. The fourth-order valence-corrected chi connectivity index (χ4v) is 3.38. The van der Waals surface area contributed by atoms with Gasteiger partial charge in [-0.3, -0.25) is 14.2 Å². The van der Waals surface area contributed by atoms with E-state index in [1.54, 1.807) is 12.5 Å². The summed E-state index contributed by atoms with van der Waals surface area (Å²) in [7, 11) is 0. The van der Waals surface area contributed by atoms with Crippen molar-refractivity contribution in [3.8, 4) is 5.82 Å². The van der Waals surface area contributed by atoms with E-state index in [4.69, 9.17) is 0 Å². The highest BCUT2D eigenvalue weighted by Crippen LogP contribution is 2.16. The predicted molar refractivity (Wildman–Crippen MR) is 120 cm³/mol. The van der Waals surface area contributed by atoms with Crippen LogP contribution in [0.25, 0.3) is 16.9 Å². The molecule has 0 bridgehead atoms. The summed E-state index contributed by atoms with van der Waals surface area (Å²) in [6, 6.07) is 17.3. The van der Waals surface area contributed by atoms with Gasteiger partial charge in [-0.1, -0.05) is 30.3 Å². The molecule has 0 aliphatic carbocycles. The largest absolute Gasteiger partial charge is 0.352 e. The lowest BCUT2D eigenvalue weighted by atomic mass is 10.0. The number of rotatable bonds is 7. The normalized spacial score (nSPS) is 10.9. The second-order valence-electron chi connectivity index (χ2n) is 7.63. The van der Waals surface area contributed by atoms with E-state index in [-0.39, 0.29) is 24.5 Å². The van der Waals surface area contributed by atoms with Crippen LogP contribution in [-0.2, 0) is 11.3 Å². The molecule has 1 amide bonds. The maximum absolute atomic E-state index is 12.3. The third-order valence-electron chi connectivity index (χ3n) is 5.41. The van der Waals surface area contributed by atoms with Crippen LogP contribution in [0.1, 0.15) is 39.9 Å². The number of Topliss-reactive ketones (excluding diaryl/α,β-unsaturated/α-hetero) is 1. The summed E-state index contributed by atoms with van der Waals surface area (Å²) >= 11 is 0. The molecule has 2 aromatic heterocycles. The zero-order chi connectivity index (χ0) is 21.8. The maximum atomic E-state index is 12.3. The number of ketones is 1. The lowest BCUT2D eigenvalue weighted by molar-refractivity contribution is -0.121. The molecule has 2 heterocycles. The molecular weight excluding hydrogens is 388 g/mol. The van der Waals surface area contributed by atoms with Gasteiger partial charge in [0.05, 0.1) is 11.0 Å². The average Bonchev–Trinajstić information content (AvgIpc) is 3.22. The fraction of sp³-hybridized carbons (Fsp3) is 0.200. The minimum atomic E-state index is -0.151. The molecule has 31 heavy (non-hydrogen) atoms. The number of pyridine rings is 1. The lowest BCUT2D eigenvalue weighted by Crippen LogP contribution is -2.23. The van der Waals surface area contributed by atoms with Crippen molar-refractivity contribution < 1.29 is 9.59 Å². The van der Waals surface area contributed by atoms with Crippen LogP contribution in [0.2, 0.25) is 0 Å². The number of hydrogen-bond acceptors (Lipinski definition) is 4. The lowest BCUT2D eigenvalue weighted by Gasteiger charge is -2.08. The quantitative estimate of drug-likeness (QED) is 0.459. The number of carbonyl (C=O) groups is 2. The minimum Gasteiger partial charge on any atom is -0.352 e. The summed E-state index contributed by atoms with van der Waals surface area (Å²) in [6.07, 6.45) is 3.85. The SMILES string of the molecule is Cc1ccc(C(=O)CCC(=O)NCc2ccc(-n3cnc4ccccc43)nc2)cc1C. The van der Waals surface area contributed by atoms with Gasteiger partial charge in [-0.05, 0) is 54.8 Å². The minimum absolute atomic E-state index is 0.0168. The summed E-state index contributed by atoms with van der Waals surface area (Å²) in [4.78, 5) is 33.4. The Balaban J connectivity index is 1.30. The summed E-state index contributed by atoms with van der Waals surface area (Å²) in [6.45, 7) is 4.36. The van der Waals surface area contributed by atoms with E-state index in [1.165, 1.54) is 0 Å². The van der Waals surface area contributed by atoms with E-state index < -0.39 is 0 Å². The number of nitrogens with one attached hydrogen (secondary N) is 1. The van der Waals surface area contributed by atoms with Crippen LogP contribution in [0.15, 0.2) is 67.1 Å². The highest BCUT2D eigenvalue weighted by Gasteiger charge is 2.11. The molecule has 0 aliphatic rings. The van der Waals surface area contributed by atoms with Crippen molar-refractivity contribution in [2.24, 2.45) is 0 Å². The summed E-state index contributed by atoms with van der Waals surface area (Å²) in [5.74, 6) is 0.599. The Labute approximate surface area is 181 Å². The molecule has 0 atom stereocenters. The molecule has 4 rings (SSSR count). The molecule has 6 heteroatoms. The molecule has 2 aromatic carbocycles. The zero-order valence-corrected chi connectivity index (χ0v) is 17.6. The number of fused-ring (bicyclic) bond motifs is 1. The van der Waals surface area contributed by atoms with Gasteiger partial charge in [0.15, 0.2) is 5.78 Å². The number of benzene rings is 2. The van der Waals surface area contributed by atoms with E-state index in [2.05, 4.69) is 15.3 Å². The Morgan fingerprint density at radius 2 is 1.77 bits per heavy atom. The zero-order valence-electron chi connectivity index (χ0n) is 17.6. The number of para-hydroxylation sites is 2. The van der Waals surface area contributed by atoms with Crippen LogP contribution in [0, 0.1) is 13.8 Å². The van der Waals surface area contributed by atoms with Crippen LogP contribution in [0.5, 0.6) is 0 Å². The molecule has 4 aromatic rings. The Morgan fingerprint density at radius 3 is 2.55 bits per heavy atom. The van der Waals surface area contributed by atoms with Crippen molar-refractivity contribution in [3.63, 3.8) is 0 Å². The maximum Gasteiger partial charge on any atom is 0.220 e. The fourth-order valence-electron chi connectivity index (χ4n) is 3.38. The number of nitrogens with zero attached hydrogens (tertiary/aromatic N) is 3. The number of amides is 1. The monoisotopic (exact) mass is 412 g/mol. The second kappa shape index (κ2) is 8.92. The Bertz CT molecular complexity index is 1240. The Morgan fingerprint density at radius 1 is 0.935 bits per heavy atom. The topological polar surface area (TPSA) is 76.9 Å². The van der Waals surface area contributed by atoms with Gasteiger partial charge in [-0.25, -0.2) is 9.97 Å². The van der Waals surface area contributed by atoms with Crippen molar-refractivity contribution in [2.45, 2.75) is 33.2 Å². The number of aryl methyl sites for hydroxylation is 2. The third-order valence-corrected chi connectivity index (χ3v) is 5.41. The van der Waals surface area contributed by atoms with Crippen molar-refractivity contribution in [2.75, 3.05) is 0 Å². The number of carbonyl (C=O) groups excluding carboxylic acids is 2. The Hall–Kier alpha value is -3.80. The molecule has 6 nitrogen and oxygen atoms in total. The summed E-state index contributed by atoms with van der Waals surface area (Å²) < 4.78 is 1.93. The first kappa shape index (κ1) is 20.5. The standard InChI is InChI=1S/C25H24N4O2/c1-17-7-9-20(13-18(17)2)23(30)10-12-25(31)27-15-19-8-11-24(26-14-19)29-16-28-21-5-3-4-6-22(21)29/h3-9,11,13-14,16H,10,12,15H2,1-2H3,(H,27,31). The van der Waals surface area contributed by atoms with Crippen LogP contribution >= 0.6 is 0 Å². The number of aromatic nitrogens is 3. The van der Waals surface area contributed by atoms with Gasteiger partial charge in [-0.2, -0.15) is 0 Å². The smallest absolute Gasteiger partial charge is 0.220 e. The summed E-state index contributed by atoms with van der Waals surface area (Å²) in [5, 5.41) is 2.86. The van der Waals surface area contributed by atoms with E-state index in [9.17, 15) is 9.59 Å². The number of hydrogen-bond donors (Lipinski definition) is 1. The first-order valence-corrected chi connectivity index (χ1v) is 10.3. The first-order valence-electron chi connectivity index (χ1n) is 10.3. The van der Waals surface area contributed by atoms with E-state index in [1.807, 2.05) is 73.0 Å². The molecule has 0 aliphatic heterocycles. The van der Waals surface area contributed by atoms with Gasteiger partial charge in [0.2, 0.25) is 5.91 Å². The Kier molecular flexibility index (Phi) is 5.89. The second-order valence-corrected chi connectivity index (χ2v) is 7.63. The van der Waals surface area contributed by atoms with Gasteiger partial charge in [0, 0.05) is 31.1 Å². The molecule has 0 radical (unpaired) electrons. The highest BCUT2D eigenvalue weighted by molar-refractivity contribution is 5.98. The van der Waals surface area contributed by atoms with E-state index >= 15 is 0 Å². The van der Waals surface area contributed by atoms with Crippen LogP contribution in [0.3, 0.4) is 0 Å². The van der Waals surface area contributed by atoms with Crippen LogP contribution < -0.4 is 5.32 Å². The van der Waals surface area contributed by atoms with Crippen molar-refractivity contribution in [1.82, 2.24) is 19.9 Å². The predicted octanol–water partition coefficient (Wildman–Crippen LogP) is 4.32.